The van der Waals surface area contributed by atoms with E-state index in [1.54, 1.807) is 24.3 Å². The molecule has 0 aromatic heterocycles. The fourth-order valence-corrected chi connectivity index (χ4v) is 1.34. The third kappa shape index (κ3) is 3.32. The van der Waals surface area contributed by atoms with Crippen LogP contribution in [0.4, 0.5) is 0 Å². The number of carbonyl (C=O) groups excluding carboxylic acids is 1. The lowest BCUT2D eigenvalue weighted by Gasteiger charge is -2.00. The van der Waals surface area contributed by atoms with E-state index in [9.17, 15) is 9.59 Å². The molecule has 1 rings (SSSR count). The Hall–Kier alpha value is -1.42. The number of benzene rings is 1. The Morgan fingerprint density at radius 1 is 1.27 bits per heavy atom. The van der Waals surface area contributed by atoms with Gasteiger partial charge in [0, 0.05) is 21.7 Å². The molecule has 4 heteroatoms. The summed E-state index contributed by atoms with van der Waals surface area (Å²) in [4.78, 5) is 22.0. The number of ketones is 1. The lowest BCUT2D eigenvalue weighted by molar-refractivity contribution is -0.131. The lowest BCUT2D eigenvalue weighted by Crippen LogP contribution is -2.02. The van der Waals surface area contributed by atoms with Gasteiger partial charge in [0.05, 0.1) is 0 Å². The van der Waals surface area contributed by atoms with Crippen LogP contribution in [0.25, 0.3) is 0 Å². The number of carbonyl (C=O) groups is 2. The number of Topliss-reactive ketones (excluding diaryl/α,β-unsaturated/α-hetero) is 1. The van der Waals surface area contributed by atoms with Crippen molar-refractivity contribution in [1.29, 1.82) is 0 Å². The summed E-state index contributed by atoms with van der Waals surface area (Å²) in [7, 11) is 0. The molecule has 0 spiro atoms. The molecule has 78 valence electrons. The zero-order valence-electron chi connectivity index (χ0n) is 8.03. The van der Waals surface area contributed by atoms with Crippen LogP contribution in [0.1, 0.15) is 17.3 Å². The fourth-order valence-electron chi connectivity index (χ4n) is 1.08. The first-order valence-corrected chi connectivity index (χ1v) is 5.01. The zero-order chi connectivity index (χ0) is 11.4. The summed E-state index contributed by atoms with van der Waals surface area (Å²) in [5.74, 6) is -1.39. The highest BCUT2D eigenvalue weighted by Gasteiger charge is 2.08. The van der Waals surface area contributed by atoms with Crippen molar-refractivity contribution in [3.8, 4) is 0 Å². The third-order valence-electron chi connectivity index (χ3n) is 1.80. The first-order valence-electron chi connectivity index (χ1n) is 4.22. The van der Waals surface area contributed by atoms with Crippen LogP contribution in [-0.2, 0) is 4.79 Å². The number of halogens is 1. The largest absolute Gasteiger partial charge is 0.478 e. The second kappa shape index (κ2) is 4.89. The third-order valence-corrected chi connectivity index (χ3v) is 2.33. The molecule has 0 unspecified atom stereocenters. The van der Waals surface area contributed by atoms with Gasteiger partial charge in [0.15, 0.2) is 5.78 Å². The second-order valence-corrected chi connectivity index (χ2v) is 3.92. The average molecular weight is 269 g/mol. The fraction of sp³-hybridized carbons (Fsp3) is 0.0909. The summed E-state index contributed by atoms with van der Waals surface area (Å²) in [6, 6.07) is 6.76. The van der Waals surface area contributed by atoms with Gasteiger partial charge in [-0.3, -0.25) is 4.79 Å². The van der Waals surface area contributed by atoms with Gasteiger partial charge in [-0.15, -0.1) is 0 Å². The maximum atomic E-state index is 11.6. The molecule has 0 amide bonds. The van der Waals surface area contributed by atoms with Crippen LogP contribution in [-0.4, -0.2) is 16.9 Å². The molecule has 0 aliphatic carbocycles. The number of allylic oxidation sites excluding steroid dienone is 1. The van der Waals surface area contributed by atoms with Gasteiger partial charge < -0.3 is 5.11 Å². The Morgan fingerprint density at radius 3 is 2.27 bits per heavy atom. The molecule has 15 heavy (non-hydrogen) atoms. The summed E-state index contributed by atoms with van der Waals surface area (Å²) < 4.78 is 0.874. The minimum absolute atomic E-state index is 0.213. The van der Waals surface area contributed by atoms with Gasteiger partial charge in [-0.1, -0.05) is 15.9 Å². The first kappa shape index (κ1) is 11.7. The molecule has 0 aliphatic rings. The van der Waals surface area contributed by atoms with E-state index in [-0.39, 0.29) is 11.4 Å². The molecule has 0 saturated heterocycles. The van der Waals surface area contributed by atoms with Gasteiger partial charge in [0.1, 0.15) is 0 Å². The highest BCUT2D eigenvalue weighted by atomic mass is 79.9. The van der Waals surface area contributed by atoms with Crippen molar-refractivity contribution >= 4 is 27.7 Å². The predicted molar refractivity (Wildman–Crippen MR) is 59.9 cm³/mol. The van der Waals surface area contributed by atoms with Crippen LogP contribution in [0.3, 0.4) is 0 Å². The minimum atomic E-state index is -1.11. The summed E-state index contributed by atoms with van der Waals surface area (Å²) in [5.41, 5.74) is 0.693. The Labute approximate surface area is 95.6 Å². The molecule has 0 fully saturated rings. The van der Waals surface area contributed by atoms with E-state index in [1.165, 1.54) is 6.92 Å². The van der Waals surface area contributed by atoms with Crippen molar-refractivity contribution in [2.75, 3.05) is 0 Å². The van der Waals surface area contributed by atoms with E-state index < -0.39 is 5.97 Å². The zero-order valence-corrected chi connectivity index (χ0v) is 9.61. The molecule has 0 aliphatic heterocycles. The number of carboxylic acids is 1. The molecule has 0 saturated carbocycles. The maximum absolute atomic E-state index is 11.6. The minimum Gasteiger partial charge on any atom is -0.478 e. The molecule has 1 N–H and O–H groups in total. The summed E-state index contributed by atoms with van der Waals surface area (Å²) in [5, 5.41) is 8.49. The molecule has 0 bridgehead atoms. The Morgan fingerprint density at radius 2 is 1.80 bits per heavy atom. The monoisotopic (exact) mass is 268 g/mol. The van der Waals surface area contributed by atoms with E-state index in [1.807, 2.05) is 0 Å². The number of rotatable bonds is 3. The number of hydrogen-bond donors (Lipinski definition) is 1. The van der Waals surface area contributed by atoms with E-state index in [0.29, 0.717) is 5.56 Å². The van der Waals surface area contributed by atoms with Crippen molar-refractivity contribution in [2.45, 2.75) is 6.92 Å². The highest BCUT2D eigenvalue weighted by molar-refractivity contribution is 9.10. The van der Waals surface area contributed by atoms with Gasteiger partial charge in [-0.25, -0.2) is 4.79 Å². The smallest absolute Gasteiger partial charge is 0.328 e. The van der Waals surface area contributed by atoms with Gasteiger partial charge >= 0.3 is 5.97 Å². The molecule has 0 radical (unpaired) electrons. The number of carboxylic acid groups (broad SMARTS) is 1. The van der Waals surface area contributed by atoms with E-state index in [2.05, 4.69) is 15.9 Å². The van der Waals surface area contributed by atoms with Crippen molar-refractivity contribution in [2.24, 2.45) is 0 Å². The van der Waals surface area contributed by atoms with Crippen LogP contribution >= 0.6 is 15.9 Å². The Kier molecular flexibility index (Phi) is 3.80. The van der Waals surface area contributed by atoms with Crippen molar-refractivity contribution in [3.63, 3.8) is 0 Å². The topological polar surface area (TPSA) is 54.4 Å². The van der Waals surface area contributed by atoms with Gasteiger partial charge in [-0.05, 0) is 31.2 Å². The summed E-state index contributed by atoms with van der Waals surface area (Å²) in [6.45, 7) is 1.48. The second-order valence-electron chi connectivity index (χ2n) is 3.00. The van der Waals surface area contributed by atoms with E-state index >= 15 is 0 Å². The maximum Gasteiger partial charge on any atom is 0.328 e. The molecule has 1 aromatic carbocycles. The van der Waals surface area contributed by atoms with Crippen molar-refractivity contribution in [1.82, 2.24) is 0 Å². The Balaban J connectivity index is 2.95. The molecular weight excluding hydrogens is 260 g/mol. The van der Waals surface area contributed by atoms with Crippen molar-refractivity contribution < 1.29 is 14.7 Å². The van der Waals surface area contributed by atoms with Gasteiger partial charge in [0.2, 0.25) is 0 Å². The van der Waals surface area contributed by atoms with Crippen LogP contribution in [0.15, 0.2) is 40.4 Å². The normalized spacial score (nSPS) is 11.2. The lowest BCUT2D eigenvalue weighted by atomic mass is 10.0. The van der Waals surface area contributed by atoms with Crippen LogP contribution in [0, 0.1) is 0 Å². The van der Waals surface area contributed by atoms with Gasteiger partial charge in [-0.2, -0.15) is 0 Å². The molecule has 0 heterocycles. The Bertz CT molecular complexity index is 418. The first-order chi connectivity index (χ1) is 7.00. The molecule has 3 nitrogen and oxygen atoms in total. The number of aliphatic carboxylic acids is 1. The SMILES string of the molecule is C/C(=C/C(=O)O)C(=O)c1ccc(Br)cc1. The molecular formula is C11H9BrO3. The highest BCUT2D eigenvalue weighted by Crippen LogP contribution is 2.13. The van der Waals surface area contributed by atoms with E-state index in [4.69, 9.17) is 5.11 Å². The summed E-state index contributed by atoms with van der Waals surface area (Å²) >= 11 is 3.25. The predicted octanol–water partition coefficient (Wildman–Crippen LogP) is 2.66. The number of hydrogen-bond acceptors (Lipinski definition) is 2. The standard InChI is InChI=1S/C11H9BrO3/c1-7(6-10(13)14)11(15)8-2-4-9(12)5-3-8/h2-6H,1H3,(H,13,14)/b7-6-. The van der Waals surface area contributed by atoms with Gasteiger partial charge in [0.25, 0.3) is 0 Å². The van der Waals surface area contributed by atoms with Crippen LogP contribution in [0.5, 0.6) is 0 Å². The molecule has 0 atom stereocenters. The molecule has 1 aromatic rings. The quantitative estimate of drug-likeness (QED) is 0.678. The van der Waals surface area contributed by atoms with E-state index in [0.717, 1.165) is 10.5 Å². The van der Waals surface area contributed by atoms with Crippen LogP contribution < -0.4 is 0 Å². The van der Waals surface area contributed by atoms with Crippen molar-refractivity contribution in [3.05, 3.63) is 46.0 Å². The summed E-state index contributed by atoms with van der Waals surface area (Å²) in [6.07, 6.45) is 0.907. The van der Waals surface area contributed by atoms with Crippen LogP contribution in [0.2, 0.25) is 0 Å². The average Bonchev–Trinajstić information content (AvgIpc) is 2.17.